The van der Waals surface area contributed by atoms with E-state index >= 15 is 0 Å². The molecule has 2 saturated heterocycles. The van der Waals surface area contributed by atoms with Gasteiger partial charge in [0.15, 0.2) is 0 Å². The molecule has 1 amide bonds. The molecule has 0 radical (unpaired) electrons. The van der Waals surface area contributed by atoms with E-state index in [0.29, 0.717) is 17.7 Å². The minimum absolute atomic E-state index is 0.342. The van der Waals surface area contributed by atoms with Gasteiger partial charge in [0.1, 0.15) is 0 Å². The van der Waals surface area contributed by atoms with Gasteiger partial charge >= 0.3 is 0 Å². The fourth-order valence-corrected chi connectivity index (χ4v) is 3.44. The third-order valence-electron chi connectivity index (χ3n) is 2.87. The topological polar surface area (TPSA) is 32.3 Å². The Morgan fingerprint density at radius 1 is 1.36 bits per heavy atom. The number of rotatable bonds is 1. The van der Waals surface area contributed by atoms with Crippen LogP contribution in [0.4, 0.5) is 0 Å². The molecule has 2 heterocycles. The van der Waals surface area contributed by atoms with Crippen LogP contribution in [0.1, 0.15) is 25.7 Å². The largest absolute Gasteiger partial charge is 0.329 e. The van der Waals surface area contributed by atoms with Crippen molar-refractivity contribution >= 4 is 17.7 Å². The predicted octanol–water partition coefficient (Wildman–Crippen LogP) is 1.05. The SMILES string of the molecule is O=C1CCNCCN1C1CCCCS1. The van der Waals surface area contributed by atoms with Crippen LogP contribution in [0.5, 0.6) is 0 Å². The average molecular weight is 214 g/mol. The highest BCUT2D eigenvalue weighted by Gasteiger charge is 2.26. The molecule has 0 aliphatic carbocycles. The van der Waals surface area contributed by atoms with Crippen molar-refractivity contribution in [2.75, 3.05) is 25.4 Å². The summed E-state index contributed by atoms with van der Waals surface area (Å²) in [5.74, 6) is 1.57. The third kappa shape index (κ3) is 2.42. The van der Waals surface area contributed by atoms with Crippen molar-refractivity contribution in [3.8, 4) is 0 Å². The summed E-state index contributed by atoms with van der Waals surface area (Å²) in [7, 11) is 0. The Morgan fingerprint density at radius 3 is 3.07 bits per heavy atom. The molecule has 0 aromatic rings. The molecule has 1 N–H and O–H groups in total. The maximum atomic E-state index is 11.8. The van der Waals surface area contributed by atoms with Crippen molar-refractivity contribution in [2.24, 2.45) is 0 Å². The van der Waals surface area contributed by atoms with Crippen LogP contribution in [0.15, 0.2) is 0 Å². The summed E-state index contributed by atoms with van der Waals surface area (Å²) in [6.45, 7) is 2.71. The van der Waals surface area contributed by atoms with E-state index in [1.165, 1.54) is 25.0 Å². The number of hydrogen-bond acceptors (Lipinski definition) is 3. The van der Waals surface area contributed by atoms with Gasteiger partial charge in [0, 0.05) is 26.1 Å². The number of hydrogen-bond donors (Lipinski definition) is 1. The predicted molar refractivity (Wildman–Crippen MR) is 59.3 cm³/mol. The first-order valence-electron chi connectivity index (χ1n) is 5.50. The van der Waals surface area contributed by atoms with E-state index in [0.717, 1.165) is 19.6 Å². The standard InChI is InChI=1S/C10H18N2OS/c13-9-4-5-11-6-7-12(9)10-3-1-2-8-14-10/h10-11H,1-8H2. The van der Waals surface area contributed by atoms with Gasteiger partial charge in [-0.15, -0.1) is 11.8 Å². The van der Waals surface area contributed by atoms with E-state index < -0.39 is 0 Å². The minimum atomic E-state index is 0.342. The molecule has 0 aromatic heterocycles. The summed E-state index contributed by atoms with van der Waals surface area (Å²) in [5.41, 5.74) is 0. The first-order valence-corrected chi connectivity index (χ1v) is 6.54. The van der Waals surface area contributed by atoms with Crippen molar-refractivity contribution in [1.82, 2.24) is 10.2 Å². The summed E-state index contributed by atoms with van der Waals surface area (Å²) < 4.78 is 0. The zero-order valence-corrected chi connectivity index (χ0v) is 9.31. The molecule has 0 saturated carbocycles. The second kappa shape index (κ2) is 5.03. The van der Waals surface area contributed by atoms with E-state index in [-0.39, 0.29) is 0 Å². The summed E-state index contributed by atoms with van der Waals surface area (Å²) in [5, 5.41) is 3.74. The number of nitrogens with zero attached hydrogens (tertiary/aromatic N) is 1. The smallest absolute Gasteiger partial charge is 0.224 e. The van der Waals surface area contributed by atoms with Gasteiger partial charge in [-0.1, -0.05) is 0 Å². The molecule has 1 unspecified atom stereocenters. The van der Waals surface area contributed by atoms with Gasteiger partial charge in [0.05, 0.1) is 5.37 Å². The van der Waals surface area contributed by atoms with Gasteiger partial charge in [-0.05, 0) is 25.0 Å². The van der Waals surface area contributed by atoms with Gasteiger partial charge in [0.2, 0.25) is 5.91 Å². The monoisotopic (exact) mass is 214 g/mol. The zero-order valence-electron chi connectivity index (χ0n) is 8.50. The van der Waals surface area contributed by atoms with E-state index in [1.54, 1.807) is 0 Å². The molecular weight excluding hydrogens is 196 g/mol. The fourth-order valence-electron chi connectivity index (χ4n) is 2.06. The normalized spacial score (nSPS) is 30.1. The highest BCUT2D eigenvalue weighted by molar-refractivity contribution is 7.99. The lowest BCUT2D eigenvalue weighted by Crippen LogP contribution is -2.40. The van der Waals surface area contributed by atoms with Crippen LogP contribution in [-0.2, 0) is 4.79 Å². The lowest BCUT2D eigenvalue weighted by Gasteiger charge is -2.32. The Morgan fingerprint density at radius 2 is 2.29 bits per heavy atom. The molecule has 80 valence electrons. The zero-order chi connectivity index (χ0) is 9.80. The quantitative estimate of drug-likeness (QED) is 0.708. The fraction of sp³-hybridized carbons (Fsp3) is 0.900. The molecule has 14 heavy (non-hydrogen) atoms. The highest BCUT2D eigenvalue weighted by Crippen LogP contribution is 2.28. The minimum Gasteiger partial charge on any atom is -0.329 e. The lowest BCUT2D eigenvalue weighted by molar-refractivity contribution is -0.131. The summed E-state index contributed by atoms with van der Waals surface area (Å²) in [6, 6.07) is 0. The van der Waals surface area contributed by atoms with Gasteiger partial charge < -0.3 is 10.2 Å². The Kier molecular flexibility index (Phi) is 3.70. The molecule has 2 fully saturated rings. The van der Waals surface area contributed by atoms with Crippen LogP contribution >= 0.6 is 11.8 Å². The first-order chi connectivity index (χ1) is 6.88. The average Bonchev–Trinajstić information content (AvgIpc) is 2.44. The maximum absolute atomic E-state index is 11.8. The van der Waals surface area contributed by atoms with Crippen molar-refractivity contribution in [2.45, 2.75) is 31.1 Å². The Balaban J connectivity index is 1.95. The summed E-state index contributed by atoms with van der Waals surface area (Å²) in [4.78, 5) is 13.9. The number of nitrogens with one attached hydrogen (secondary N) is 1. The molecule has 0 spiro atoms. The number of carbonyl (C=O) groups excluding carboxylic acids is 1. The van der Waals surface area contributed by atoms with Crippen molar-refractivity contribution in [3.63, 3.8) is 0 Å². The second-order valence-electron chi connectivity index (χ2n) is 3.91. The molecule has 0 bridgehead atoms. The van der Waals surface area contributed by atoms with Gasteiger partial charge in [-0.2, -0.15) is 0 Å². The van der Waals surface area contributed by atoms with E-state index in [2.05, 4.69) is 10.2 Å². The van der Waals surface area contributed by atoms with Crippen molar-refractivity contribution < 1.29 is 4.79 Å². The molecule has 4 heteroatoms. The molecule has 1 atom stereocenters. The number of thioether (sulfide) groups is 1. The molecule has 2 aliphatic heterocycles. The van der Waals surface area contributed by atoms with Gasteiger partial charge in [-0.3, -0.25) is 4.79 Å². The van der Waals surface area contributed by atoms with E-state index in [1.807, 2.05) is 11.8 Å². The summed E-state index contributed by atoms with van der Waals surface area (Å²) in [6.07, 6.45) is 4.48. The van der Waals surface area contributed by atoms with E-state index in [4.69, 9.17) is 0 Å². The van der Waals surface area contributed by atoms with Gasteiger partial charge in [0.25, 0.3) is 0 Å². The lowest BCUT2D eigenvalue weighted by atomic mass is 10.2. The summed E-state index contributed by atoms with van der Waals surface area (Å²) >= 11 is 1.96. The third-order valence-corrected chi connectivity index (χ3v) is 4.27. The van der Waals surface area contributed by atoms with Crippen molar-refractivity contribution in [1.29, 1.82) is 0 Å². The maximum Gasteiger partial charge on any atom is 0.224 e. The second-order valence-corrected chi connectivity index (χ2v) is 5.19. The molecule has 3 nitrogen and oxygen atoms in total. The van der Waals surface area contributed by atoms with Crippen LogP contribution in [-0.4, -0.2) is 41.6 Å². The Labute approximate surface area is 89.6 Å². The number of carbonyl (C=O) groups is 1. The Bertz CT molecular complexity index is 204. The van der Waals surface area contributed by atoms with Crippen LogP contribution in [0, 0.1) is 0 Å². The van der Waals surface area contributed by atoms with Crippen LogP contribution < -0.4 is 5.32 Å². The molecule has 2 aliphatic rings. The van der Waals surface area contributed by atoms with E-state index in [9.17, 15) is 4.79 Å². The van der Waals surface area contributed by atoms with Crippen LogP contribution in [0.3, 0.4) is 0 Å². The van der Waals surface area contributed by atoms with Crippen LogP contribution in [0.25, 0.3) is 0 Å². The molecule has 0 aromatic carbocycles. The van der Waals surface area contributed by atoms with Crippen molar-refractivity contribution in [3.05, 3.63) is 0 Å². The first kappa shape index (κ1) is 10.3. The van der Waals surface area contributed by atoms with Crippen LogP contribution in [0.2, 0.25) is 0 Å². The number of amides is 1. The molecule has 2 rings (SSSR count). The highest BCUT2D eigenvalue weighted by atomic mass is 32.2. The molecular formula is C10H18N2OS. The van der Waals surface area contributed by atoms with Gasteiger partial charge in [-0.25, -0.2) is 0 Å². The Hall–Kier alpha value is -0.220.